The van der Waals surface area contributed by atoms with Gasteiger partial charge < -0.3 is 4.74 Å². The molecule has 2 nitrogen and oxygen atoms in total. The van der Waals surface area contributed by atoms with E-state index in [4.69, 9.17) is 4.74 Å². The molecule has 2 aromatic carbocycles. The molecular weight excluding hydrogens is 260 g/mol. The van der Waals surface area contributed by atoms with Gasteiger partial charge in [0, 0.05) is 6.42 Å². The minimum atomic E-state index is -0.112. The van der Waals surface area contributed by atoms with E-state index in [-0.39, 0.29) is 12.1 Å². The van der Waals surface area contributed by atoms with Crippen molar-refractivity contribution < 1.29 is 9.53 Å². The SMILES string of the molecule is CC(CCc1ccccc1)OC(=O)CCc1ccccc1. The topological polar surface area (TPSA) is 26.3 Å². The minimum Gasteiger partial charge on any atom is -0.463 e. The van der Waals surface area contributed by atoms with Crippen molar-refractivity contribution >= 4 is 5.97 Å². The Morgan fingerprint density at radius 3 is 2.00 bits per heavy atom. The van der Waals surface area contributed by atoms with E-state index in [1.807, 2.05) is 55.5 Å². The number of rotatable bonds is 7. The van der Waals surface area contributed by atoms with Crippen LogP contribution < -0.4 is 0 Å². The van der Waals surface area contributed by atoms with E-state index in [0.29, 0.717) is 6.42 Å². The highest BCUT2D eigenvalue weighted by Gasteiger charge is 2.09. The van der Waals surface area contributed by atoms with Crippen molar-refractivity contribution in [1.82, 2.24) is 0 Å². The number of hydrogen-bond acceptors (Lipinski definition) is 2. The highest BCUT2D eigenvalue weighted by molar-refractivity contribution is 5.69. The largest absolute Gasteiger partial charge is 0.463 e. The quantitative estimate of drug-likeness (QED) is 0.712. The molecule has 110 valence electrons. The van der Waals surface area contributed by atoms with E-state index >= 15 is 0 Å². The summed E-state index contributed by atoms with van der Waals surface area (Å²) in [6, 6.07) is 20.3. The van der Waals surface area contributed by atoms with Gasteiger partial charge in [0.25, 0.3) is 0 Å². The van der Waals surface area contributed by atoms with E-state index < -0.39 is 0 Å². The van der Waals surface area contributed by atoms with Crippen LogP contribution in [-0.2, 0) is 22.4 Å². The first kappa shape index (κ1) is 15.3. The Morgan fingerprint density at radius 1 is 0.905 bits per heavy atom. The number of carbonyl (C=O) groups excluding carboxylic acids is 1. The van der Waals surface area contributed by atoms with Gasteiger partial charge in [-0.05, 0) is 37.3 Å². The molecule has 0 aromatic heterocycles. The molecule has 0 amide bonds. The molecule has 0 saturated carbocycles. The molecule has 0 spiro atoms. The van der Waals surface area contributed by atoms with E-state index in [9.17, 15) is 4.79 Å². The molecule has 21 heavy (non-hydrogen) atoms. The van der Waals surface area contributed by atoms with Crippen molar-refractivity contribution in [3.8, 4) is 0 Å². The summed E-state index contributed by atoms with van der Waals surface area (Å²) >= 11 is 0. The number of benzene rings is 2. The lowest BCUT2D eigenvalue weighted by molar-refractivity contribution is -0.148. The first-order valence-electron chi connectivity index (χ1n) is 7.51. The smallest absolute Gasteiger partial charge is 0.306 e. The van der Waals surface area contributed by atoms with E-state index in [1.54, 1.807) is 0 Å². The van der Waals surface area contributed by atoms with Gasteiger partial charge in [-0.3, -0.25) is 4.79 Å². The predicted molar refractivity (Wildman–Crippen MR) is 85.1 cm³/mol. The molecule has 0 aliphatic heterocycles. The summed E-state index contributed by atoms with van der Waals surface area (Å²) < 4.78 is 5.45. The lowest BCUT2D eigenvalue weighted by atomic mass is 10.1. The first-order valence-corrected chi connectivity index (χ1v) is 7.51. The number of aryl methyl sites for hydroxylation is 2. The third-order valence-corrected chi connectivity index (χ3v) is 3.48. The molecule has 0 aliphatic carbocycles. The lowest BCUT2D eigenvalue weighted by Crippen LogP contribution is -2.16. The molecule has 2 aromatic rings. The van der Waals surface area contributed by atoms with E-state index in [2.05, 4.69) is 12.1 Å². The van der Waals surface area contributed by atoms with Crippen LogP contribution in [0.1, 0.15) is 30.9 Å². The Hall–Kier alpha value is -2.09. The van der Waals surface area contributed by atoms with Gasteiger partial charge >= 0.3 is 5.97 Å². The monoisotopic (exact) mass is 282 g/mol. The summed E-state index contributed by atoms with van der Waals surface area (Å²) in [6.07, 6.45) is 2.95. The fourth-order valence-electron chi connectivity index (χ4n) is 2.25. The van der Waals surface area contributed by atoms with Gasteiger partial charge in [-0.25, -0.2) is 0 Å². The maximum atomic E-state index is 11.8. The third-order valence-electron chi connectivity index (χ3n) is 3.48. The normalized spacial score (nSPS) is 11.9. The molecule has 0 saturated heterocycles. The fourth-order valence-corrected chi connectivity index (χ4v) is 2.25. The summed E-state index contributed by atoms with van der Waals surface area (Å²) in [4.78, 5) is 11.8. The summed E-state index contributed by atoms with van der Waals surface area (Å²) in [7, 11) is 0. The van der Waals surface area contributed by atoms with Gasteiger partial charge in [0.1, 0.15) is 0 Å². The number of esters is 1. The van der Waals surface area contributed by atoms with Crippen LogP contribution in [0.2, 0.25) is 0 Å². The van der Waals surface area contributed by atoms with Gasteiger partial charge in [0.2, 0.25) is 0 Å². The maximum Gasteiger partial charge on any atom is 0.306 e. The van der Waals surface area contributed by atoms with Gasteiger partial charge in [-0.2, -0.15) is 0 Å². The highest BCUT2D eigenvalue weighted by Crippen LogP contribution is 2.09. The van der Waals surface area contributed by atoms with Crippen LogP contribution in [0.25, 0.3) is 0 Å². The number of ether oxygens (including phenoxy) is 1. The second-order valence-electron chi connectivity index (χ2n) is 5.31. The molecule has 2 rings (SSSR count). The van der Waals surface area contributed by atoms with E-state index in [1.165, 1.54) is 11.1 Å². The number of hydrogen-bond donors (Lipinski definition) is 0. The molecule has 0 fully saturated rings. The van der Waals surface area contributed by atoms with Gasteiger partial charge in [0.15, 0.2) is 0 Å². The molecular formula is C19H22O2. The van der Waals surface area contributed by atoms with Crippen molar-refractivity contribution in [1.29, 1.82) is 0 Å². The Balaban J connectivity index is 1.67. The van der Waals surface area contributed by atoms with Crippen LogP contribution in [0.3, 0.4) is 0 Å². The molecule has 2 heteroatoms. The summed E-state index contributed by atoms with van der Waals surface area (Å²) in [5.74, 6) is -0.112. The van der Waals surface area contributed by atoms with Crippen LogP contribution in [0.4, 0.5) is 0 Å². The standard InChI is InChI=1S/C19H22O2/c1-16(12-13-17-8-4-2-5-9-17)21-19(20)15-14-18-10-6-3-7-11-18/h2-11,16H,12-15H2,1H3. The van der Waals surface area contributed by atoms with Crippen LogP contribution in [-0.4, -0.2) is 12.1 Å². The molecule has 1 atom stereocenters. The molecule has 1 unspecified atom stereocenters. The average molecular weight is 282 g/mol. The third kappa shape index (κ3) is 5.82. The Bertz CT molecular complexity index is 534. The fraction of sp³-hybridized carbons (Fsp3) is 0.316. The highest BCUT2D eigenvalue weighted by atomic mass is 16.5. The zero-order valence-corrected chi connectivity index (χ0v) is 12.5. The molecule has 0 N–H and O–H groups in total. The Labute approximate surface area is 126 Å². The van der Waals surface area contributed by atoms with Crippen molar-refractivity contribution in [3.63, 3.8) is 0 Å². The van der Waals surface area contributed by atoms with Crippen LogP contribution in [0.5, 0.6) is 0 Å². The van der Waals surface area contributed by atoms with Crippen LogP contribution >= 0.6 is 0 Å². The second-order valence-corrected chi connectivity index (χ2v) is 5.31. The predicted octanol–water partition coefficient (Wildman–Crippen LogP) is 4.18. The average Bonchev–Trinajstić information content (AvgIpc) is 2.53. The van der Waals surface area contributed by atoms with Crippen molar-refractivity contribution in [2.45, 2.75) is 38.7 Å². The van der Waals surface area contributed by atoms with Crippen molar-refractivity contribution in [2.75, 3.05) is 0 Å². The zero-order chi connectivity index (χ0) is 14.9. The van der Waals surface area contributed by atoms with Crippen molar-refractivity contribution in [2.24, 2.45) is 0 Å². The van der Waals surface area contributed by atoms with Crippen molar-refractivity contribution in [3.05, 3.63) is 71.8 Å². The van der Waals surface area contributed by atoms with Crippen LogP contribution in [0, 0.1) is 0 Å². The van der Waals surface area contributed by atoms with Crippen LogP contribution in [0.15, 0.2) is 60.7 Å². The summed E-state index contributed by atoms with van der Waals surface area (Å²) in [6.45, 7) is 1.96. The summed E-state index contributed by atoms with van der Waals surface area (Å²) in [5.41, 5.74) is 2.45. The summed E-state index contributed by atoms with van der Waals surface area (Å²) in [5, 5.41) is 0. The molecule has 0 heterocycles. The molecule has 0 bridgehead atoms. The Kier molecular flexibility index (Phi) is 6.01. The second kappa shape index (κ2) is 8.25. The Morgan fingerprint density at radius 2 is 1.43 bits per heavy atom. The minimum absolute atomic E-state index is 0.0338. The van der Waals surface area contributed by atoms with Gasteiger partial charge in [-0.15, -0.1) is 0 Å². The molecule has 0 radical (unpaired) electrons. The molecule has 0 aliphatic rings. The zero-order valence-electron chi connectivity index (χ0n) is 12.5. The first-order chi connectivity index (χ1) is 10.2. The maximum absolute atomic E-state index is 11.8. The van der Waals surface area contributed by atoms with Gasteiger partial charge in [-0.1, -0.05) is 60.7 Å². The van der Waals surface area contributed by atoms with E-state index in [0.717, 1.165) is 19.3 Å². The van der Waals surface area contributed by atoms with Gasteiger partial charge in [0.05, 0.1) is 6.10 Å². The lowest BCUT2D eigenvalue weighted by Gasteiger charge is -2.13. The number of carbonyl (C=O) groups is 1.